The summed E-state index contributed by atoms with van der Waals surface area (Å²) in [7, 11) is 0. The number of nitrogen functional groups attached to an aromatic ring is 1. The molecule has 172 valence electrons. The Morgan fingerprint density at radius 3 is 2.41 bits per heavy atom. The minimum Gasteiger partial charge on any atom is -0.395 e. The number of amides is 3. The van der Waals surface area contributed by atoms with Gasteiger partial charge in [0, 0.05) is 24.6 Å². The Labute approximate surface area is 196 Å². The highest BCUT2D eigenvalue weighted by molar-refractivity contribution is 7.09. The van der Waals surface area contributed by atoms with E-state index < -0.39 is 17.7 Å². The second-order valence-electron chi connectivity index (χ2n) is 7.16. The molecule has 0 saturated heterocycles. The number of carbonyl (C=O) groups excluding carboxylic acids is 3. The Kier molecular flexibility index (Phi) is 6.41. The van der Waals surface area contributed by atoms with Crippen LogP contribution in [0.15, 0.2) is 54.9 Å². The van der Waals surface area contributed by atoms with Gasteiger partial charge < -0.3 is 16.8 Å². The second kappa shape index (κ2) is 9.58. The van der Waals surface area contributed by atoms with Gasteiger partial charge >= 0.3 is 0 Å². The smallest absolute Gasteiger partial charge is 0.272 e. The lowest BCUT2D eigenvalue weighted by molar-refractivity contribution is -0.119. The summed E-state index contributed by atoms with van der Waals surface area (Å²) in [6.07, 6.45) is 3.05. The van der Waals surface area contributed by atoms with Gasteiger partial charge in [-0.1, -0.05) is 12.1 Å². The van der Waals surface area contributed by atoms with E-state index in [1.54, 1.807) is 30.3 Å². The number of carbonyl (C=O) groups is 3. The summed E-state index contributed by atoms with van der Waals surface area (Å²) in [6, 6.07) is 10.6. The van der Waals surface area contributed by atoms with E-state index in [4.69, 9.17) is 11.5 Å². The van der Waals surface area contributed by atoms with Crippen molar-refractivity contribution in [3.05, 3.63) is 76.8 Å². The van der Waals surface area contributed by atoms with Gasteiger partial charge in [0.05, 0.1) is 16.7 Å². The van der Waals surface area contributed by atoms with Gasteiger partial charge in [0.1, 0.15) is 17.2 Å². The zero-order chi connectivity index (χ0) is 24.2. The molecule has 0 aliphatic rings. The van der Waals surface area contributed by atoms with Crippen molar-refractivity contribution in [1.29, 1.82) is 0 Å². The van der Waals surface area contributed by atoms with Crippen LogP contribution in [-0.4, -0.2) is 38.6 Å². The van der Waals surface area contributed by atoms with Gasteiger partial charge in [0.15, 0.2) is 5.69 Å². The molecule has 12 heteroatoms. The molecule has 5 N–H and O–H groups in total. The van der Waals surface area contributed by atoms with E-state index in [0.29, 0.717) is 33.8 Å². The number of hydrogen-bond donors (Lipinski definition) is 3. The third-order valence-corrected chi connectivity index (χ3v) is 5.72. The number of halogens is 1. The minimum absolute atomic E-state index is 0.0284. The molecular weight excluding hydrogens is 461 g/mol. The van der Waals surface area contributed by atoms with Gasteiger partial charge in [0.25, 0.3) is 11.8 Å². The average Bonchev–Trinajstić information content (AvgIpc) is 3.23. The zero-order valence-corrected chi connectivity index (χ0v) is 18.4. The number of hydrogen-bond acceptors (Lipinski definition) is 8. The molecule has 34 heavy (non-hydrogen) atoms. The normalized spacial score (nSPS) is 10.7. The van der Waals surface area contributed by atoms with Crippen LogP contribution in [0.3, 0.4) is 0 Å². The molecule has 4 aromatic rings. The van der Waals surface area contributed by atoms with Crippen LogP contribution < -0.4 is 21.7 Å². The van der Waals surface area contributed by atoms with Crippen LogP contribution in [0.5, 0.6) is 0 Å². The summed E-state index contributed by atoms with van der Waals surface area (Å²) in [5.41, 5.74) is 13.0. The number of nitrogens with one attached hydrogen (secondary N) is 1. The van der Waals surface area contributed by atoms with Gasteiger partial charge in [-0.05, 0) is 47.4 Å². The second-order valence-corrected chi connectivity index (χ2v) is 7.94. The predicted molar refractivity (Wildman–Crippen MR) is 125 cm³/mol. The number of rotatable bonds is 7. The maximum atomic E-state index is 13.4. The average molecular weight is 479 g/mol. The minimum atomic E-state index is -0.864. The van der Waals surface area contributed by atoms with E-state index in [0.717, 1.165) is 0 Å². The third-order valence-electron chi connectivity index (χ3n) is 4.87. The molecule has 0 bridgehead atoms. The Bertz CT molecular complexity index is 1390. The summed E-state index contributed by atoms with van der Waals surface area (Å²) < 4.78 is 17.0. The van der Waals surface area contributed by atoms with Crippen LogP contribution in [0.2, 0.25) is 0 Å². The van der Waals surface area contributed by atoms with Crippen LogP contribution in [0, 0.1) is 5.82 Å². The van der Waals surface area contributed by atoms with E-state index in [9.17, 15) is 18.8 Å². The van der Waals surface area contributed by atoms with Crippen LogP contribution >= 0.6 is 11.5 Å². The first-order valence-corrected chi connectivity index (χ1v) is 10.7. The molecule has 0 atom stereocenters. The Balaban J connectivity index is 1.62. The van der Waals surface area contributed by atoms with E-state index in [2.05, 4.69) is 19.7 Å². The first-order chi connectivity index (χ1) is 16.3. The molecule has 2 heterocycles. The fraction of sp³-hybridized carbons (Fsp3) is 0.0909. The summed E-state index contributed by atoms with van der Waals surface area (Å²) in [6.45, 7) is -0.228. The molecule has 2 aromatic carbocycles. The first-order valence-electron chi connectivity index (χ1n) is 9.92. The quantitative estimate of drug-likeness (QED) is 0.365. The molecule has 4 rings (SSSR count). The maximum absolute atomic E-state index is 13.4. The van der Waals surface area contributed by atoms with Crippen molar-refractivity contribution >= 4 is 51.7 Å². The maximum Gasteiger partial charge on any atom is 0.272 e. The molecule has 0 radical (unpaired) electrons. The zero-order valence-electron chi connectivity index (χ0n) is 17.6. The summed E-state index contributed by atoms with van der Waals surface area (Å²) >= 11 is 0.716. The van der Waals surface area contributed by atoms with E-state index in [-0.39, 0.29) is 35.2 Å². The standard InChI is InChI=1S/C22H18FN7O3S/c23-13-3-1-12(2-4-13)10-28-17(31)11-30(14-5-6-15-16(9-14)27-8-7-26-15)22(33)20-18(24)19(21(25)32)29-34-20/h1-9H,10-11,24H2,(H2,25,32)(H,28,31). The first kappa shape index (κ1) is 22.7. The van der Waals surface area contributed by atoms with Crippen molar-refractivity contribution in [2.24, 2.45) is 5.73 Å². The summed E-state index contributed by atoms with van der Waals surface area (Å²) in [5, 5.41) is 2.70. The molecule has 0 aliphatic carbocycles. The molecule has 0 fully saturated rings. The molecule has 0 unspecified atom stereocenters. The van der Waals surface area contributed by atoms with Crippen molar-refractivity contribution in [2.45, 2.75) is 6.54 Å². The lowest BCUT2D eigenvalue weighted by Gasteiger charge is -2.22. The van der Waals surface area contributed by atoms with Crippen LogP contribution in [-0.2, 0) is 11.3 Å². The van der Waals surface area contributed by atoms with Crippen LogP contribution in [0.1, 0.15) is 25.7 Å². The molecule has 0 spiro atoms. The number of benzene rings is 2. The molecule has 0 aliphatic heterocycles. The number of nitrogens with two attached hydrogens (primary N) is 2. The highest BCUT2D eigenvalue weighted by atomic mass is 32.1. The van der Waals surface area contributed by atoms with E-state index in [1.807, 2.05) is 0 Å². The predicted octanol–water partition coefficient (Wildman–Crippen LogP) is 1.87. The van der Waals surface area contributed by atoms with Gasteiger partial charge in [0.2, 0.25) is 5.91 Å². The summed E-state index contributed by atoms with van der Waals surface area (Å²) in [5.74, 6) is -2.36. The highest BCUT2D eigenvalue weighted by Gasteiger charge is 2.27. The van der Waals surface area contributed by atoms with E-state index >= 15 is 0 Å². The van der Waals surface area contributed by atoms with Crippen molar-refractivity contribution in [2.75, 3.05) is 17.2 Å². The third kappa shape index (κ3) is 4.81. The Morgan fingerprint density at radius 2 is 1.74 bits per heavy atom. The van der Waals surface area contributed by atoms with Crippen molar-refractivity contribution in [3.8, 4) is 0 Å². The largest absolute Gasteiger partial charge is 0.395 e. The van der Waals surface area contributed by atoms with Gasteiger partial charge in [-0.2, -0.15) is 4.37 Å². The molecule has 3 amide bonds. The Hall–Kier alpha value is -4.45. The number of anilines is 2. The SMILES string of the molecule is NC(=O)c1nsc(C(=O)N(CC(=O)NCc2ccc(F)cc2)c2ccc3nccnc3c2)c1N. The number of nitrogens with zero attached hydrogens (tertiary/aromatic N) is 4. The van der Waals surface area contributed by atoms with Crippen LogP contribution in [0.4, 0.5) is 15.8 Å². The van der Waals surface area contributed by atoms with Crippen molar-refractivity contribution in [3.63, 3.8) is 0 Å². The lowest BCUT2D eigenvalue weighted by atomic mass is 10.2. The van der Waals surface area contributed by atoms with Gasteiger partial charge in [-0.3, -0.25) is 29.3 Å². The highest BCUT2D eigenvalue weighted by Crippen LogP contribution is 2.27. The molecular formula is C22H18FN7O3S. The molecule has 10 nitrogen and oxygen atoms in total. The number of primary amides is 1. The summed E-state index contributed by atoms with van der Waals surface area (Å²) in [4.78, 5) is 47.3. The van der Waals surface area contributed by atoms with Crippen LogP contribution in [0.25, 0.3) is 11.0 Å². The fourth-order valence-electron chi connectivity index (χ4n) is 3.15. The lowest BCUT2D eigenvalue weighted by Crippen LogP contribution is -2.40. The number of aromatic nitrogens is 3. The van der Waals surface area contributed by atoms with Crippen molar-refractivity contribution < 1.29 is 18.8 Å². The van der Waals surface area contributed by atoms with Gasteiger partial charge in [-0.25, -0.2) is 4.39 Å². The fourth-order valence-corrected chi connectivity index (χ4v) is 3.91. The van der Waals surface area contributed by atoms with Crippen molar-refractivity contribution in [1.82, 2.24) is 19.7 Å². The van der Waals surface area contributed by atoms with Gasteiger partial charge in [-0.15, -0.1) is 0 Å². The Morgan fingerprint density at radius 1 is 1.03 bits per heavy atom. The number of fused-ring (bicyclic) bond motifs is 1. The monoisotopic (exact) mass is 479 g/mol. The van der Waals surface area contributed by atoms with E-state index in [1.165, 1.54) is 29.4 Å². The molecule has 0 saturated carbocycles. The topological polar surface area (TPSA) is 157 Å². The molecule has 2 aromatic heterocycles.